The van der Waals surface area contributed by atoms with Crippen LogP contribution in [0.5, 0.6) is 0 Å². The summed E-state index contributed by atoms with van der Waals surface area (Å²) < 4.78 is 5.14. The molecule has 1 unspecified atom stereocenters. The van der Waals surface area contributed by atoms with Crippen LogP contribution >= 0.6 is 11.6 Å². The minimum absolute atomic E-state index is 0.0359. The van der Waals surface area contributed by atoms with Gasteiger partial charge in [-0.05, 0) is 37.5 Å². The molecule has 0 radical (unpaired) electrons. The zero-order valence-electron chi connectivity index (χ0n) is 13.2. The summed E-state index contributed by atoms with van der Waals surface area (Å²) in [5, 5.41) is 13.3. The van der Waals surface area contributed by atoms with Gasteiger partial charge in [0.1, 0.15) is 17.7 Å². The fraction of sp³-hybridized carbons (Fsp3) is 0.412. The molecule has 0 saturated carbocycles. The number of likely N-dealkylation sites (tertiary alicyclic amines) is 1. The molecule has 0 bridgehead atoms. The second-order valence-electron chi connectivity index (χ2n) is 5.82. The zero-order chi connectivity index (χ0) is 16.9. The van der Waals surface area contributed by atoms with Crippen molar-refractivity contribution in [3.63, 3.8) is 0 Å². The number of pyridine rings is 1. The van der Waals surface area contributed by atoms with E-state index in [9.17, 15) is 9.90 Å². The SMILES string of the molecule is O=C(c1cnc(NCC(O)c2ccco2)c(Cl)c1)N1CCCCC1. The van der Waals surface area contributed by atoms with Gasteiger partial charge in [-0.2, -0.15) is 0 Å². The van der Waals surface area contributed by atoms with Crippen LogP contribution in [0.2, 0.25) is 5.02 Å². The maximum absolute atomic E-state index is 12.4. The zero-order valence-corrected chi connectivity index (χ0v) is 14.0. The van der Waals surface area contributed by atoms with Crippen LogP contribution in [0.4, 0.5) is 5.82 Å². The summed E-state index contributed by atoms with van der Waals surface area (Å²) >= 11 is 6.22. The number of nitrogens with zero attached hydrogens (tertiary/aromatic N) is 2. The fourth-order valence-corrected chi connectivity index (χ4v) is 2.97. The van der Waals surface area contributed by atoms with Gasteiger partial charge < -0.3 is 19.7 Å². The molecule has 1 saturated heterocycles. The highest BCUT2D eigenvalue weighted by Crippen LogP contribution is 2.23. The van der Waals surface area contributed by atoms with Crippen LogP contribution in [0.15, 0.2) is 35.1 Å². The number of aromatic nitrogens is 1. The third kappa shape index (κ3) is 3.88. The molecule has 6 nitrogen and oxygen atoms in total. The Kier molecular flexibility index (Phi) is 5.37. The van der Waals surface area contributed by atoms with Crippen molar-refractivity contribution in [2.24, 2.45) is 0 Å². The second-order valence-corrected chi connectivity index (χ2v) is 6.23. The summed E-state index contributed by atoms with van der Waals surface area (Å²) in [6.45, 7) is 1.78. The van der Waals surface area contributed by atoms with E-state index in [0.717, 1.165) is 25.9 Å². The Labute approximate surface area is 145 Å². The smallest absolute Gasteiger partial charge is 0.255 e. The number of carbonyl (C=O) groups excluding carboxylic acids is 1. The average Bonchev–Trinajstić information content (AvgIpc) is 3.15. The van der Waals surface area contributed by atoms with Crippen LogP contribution in [0.25, 0.3) is 0 Å². The highest BCUT2D eigenvalue weighted by molar-refractivity contribution is 6.33. The molecule has 0 spiro atoms. The topological polar surface area (TPSA) is 78.6 Å². The third-order valence-corrected chi connectivity index (χ3v) is 4.35. The summed E-state index contributed by atoms with van der Waals surface area (Å²) in [5.74, 6) is 0.860. The van der Waals surface area contributed by atoms with Crippen molar-refractivity contribution in [1.82, 2.24) is 9.88 Å². The molecule has 3 rings (SSSR count). The highest BCUT2D eigenvalue weighted by Gasteiger charge is 2.19. The number of hydrogen-bond acceptors (Lipinski definition) is 5. The lowest BCUT2D eigenvalue weighted by atomic mass is 10.1. The summed E-state index contributed by atoms with van der Waals surface area (Å²) in [5.41, 5.74) is 0.485. The van der Waals surface area contributed by atoms with Gasteiger partial charge in [0.2, 0.25) is 0 Å². The number of carbonyl (C=O) groups is 1. The van der Waals surface area contributed by atoms with Crippen molar-refractivity contribution < 1.29 is 14.3 Å². The first-order valence-electron chi connectivity index (χ1n) is 8.05. The van der Waals surface area contributed by atoms with Crippen molar-refractivity contribution in [2.45, 2.75) is 25.4 Å². The summed E-state index contributed by atoms with van der Waals surface area (Å²) in [6.07, 6.45) is 5.47. The average molecular weight is 350 g/mol. The number of halogens is 1. The lowest BCUT2D eigenvalue weighted by molar-refractivity contribution is 0.0724. The van der Waals surface area contributed by atoms with Crippen molar-refractivity contribution >= 4 is 23.3 Å². The number of furan rings is 1. The monoisotopic (exact) mass is 349 g/mol. The van der Waals surface area contributed by atoms with E-state index in [2.05, 4.69) is 10.3 Å². The molecule has 1 amide bonds. The van der Waals surface area contributed by atoms with Crippen molar-refractivity contribution in [3.8, 4) is 0 Å². The van der Waals surface area contributed by atoms with Crippen LogP contribution < -0.4 is 5.32 Å². The van der Waals surface area contributed by atoms with E-state index in [1.807, 2.05) is 4.90 Å². The van der Waals surface area contributed by atoms with E-state index in [1.165, 1.54) is 18.9 Å². The summed E-state index contributed by atoms with van der Waals surface area (Å²) in [4.78, 5) is 18.5. The van der Waals surface area contributed by atoms with Crippen molar-refractivity contribution in [2.75, 3.05) is 25.0 Å². The molecular weight excluding hydrogens is 330 g/mol. The quantitative estimate of drug-likeness (QED) is 0.867. The largest absolute Gasteiger partial charge is 0.467 e. The van der Waals surface area contributed by atoms with Crippen molar-refractivity contribution in [3.05, 3.63) is 47.0 Å². The Morgan fingerprint density at radius 1 is 1.42 bits per heavy atom. The Balaban J connectivity index is 1.62. The highest BCUT2D eigenvalue weighted by atomic mass is 35.5. The van der Waals surface area contributed by atoms with E-state index < -0.39 is 6.10 Å². The minimum atomic E-state index is -0.799. The van der Waals surface area contributed by atoms with E-state index >= 15 is 0 Å². The van der Waals surface area contributed by atoms with Crippen molar-refractivity contribution in [1.29, 1.82) is 0 Å². The van der Waals surface area contributed by atoms with E-state index in [-0.39, 0.29) is 12.5 Å². The number of aliphatic hydroxyl groups is 1. The number of nitrogens with one attached hydrogen (secondary N) is 1. The maximum atomic E-state index is 12.4. The Hall–Kier alpha value is -2.05. The lowest BCUT2D eigenvalue weighted by Gasteiger charge is -2.26. The van der Waals surface area contributed by atoms with Gasteiger partial charge in [-0.15, -0.1) is 0 Å². The van der Waals surface area contributed by atoms with Gasteiger partial charge in [0.05, 0.1) is 16.8 Å². The van der Waals surface area contributed by atoms with Gasteiger partial charge in [0, 0.05) is 25.8 Å². The molecule has 3 heterocycles. The number of amides is 1. The van der Waals surface area contributed by atoms with E-state index in [1.54, 1.807) is 18.2 Å². The summed E-state index contributed by atoms with van der Waals surface area (Å²) in [6, 6.07) is 5.03. The number of hydrogen-bond donors (Lipinski definition) is 2. The molecule has 1 aliphatic heterocycles. The van der Waals surface area contributed by atoms with Gasteiger partial charge in [0.25, 0.3) is 5.91 Å². The van der Waals surface area contributed by atoms with E-state index in [4.69, 9.17) is 16.0 Å². The molecule has 0 aliphatic carbocycles. The molecule has 1 atom stereocenters. The second kappa shape index (κ2) is 7.68. The first-order valence-corrected chi connectivity index (χ1v) is 8.43. The molecule has 2 aromatic rings. The molecule has 7 heteroatoms. The summed E-state index contributed by atoms with van der Waals surface area (Å²) in [7, 11) is 0. The lowest BCUT2D eigenvalue weighted by Crippen LogP contribution is -2.35. The predicted octanol–water partition coefficient (Wildman–Crippen LogP) is 3.10. The third-order valence-electron chi connectivity index (χ3n) is 4.07. The standard InChI is InChI=1S/C17H20ClN3O3/c18-13-9-12(17(23)21-6-2-1-3-7-21)10-19-16(13)20-11-14(22)15-5-4-8-24-15/h4-5,8-10,14,22H,1-3,6-7,11H2,(H,19,20). The Morgan fingerprint density at radius 2 is 2.21 bits per heavy atom. The normalized spacial score (nSPS) is 16.0. The molecule has 128 valence electrons. The fourth-order valence-electron chi connectivity index (χ4n) is 2.74. The van der Waals surface area contributed by atoms with Crippen LogP contribution in [0.1, 0.15) is 41.5 Å². The van der Waals surface area contributed by atoms with E-state index in [0.29, 0.717) is 22.2 Å². The van der Waals surface area contributed by atoms with Crippen LogP contribution in [0.3, 0.4) is 0 Å². The van der Waals surface area contributed by atoms with Gasteiger partial charge in [-0.1, -0.05) is 11.6 Å². The molecule has 2 aromatic heterocycles. The van der Waals surface area contributed by atoms with Crippen LogP contribution in [-0.4, -0.2) is 40.5 Å². The minimum Gasteiger partial charge on any atom is -0.467 e. The van der Waals surface area contributed by atoms with Crippen LogP contribution in [0, 0.1) is 0 Å². The van der Waals surface area contributed by atoms with Gasteiger partial charge >= 0.3 is 0 Å². The maximum Gasteiger partial charge on any atom is 0.255 e. The molecule has 24 heavy (non-hydrogen) atoms. The number of piperidine rings is 1. The molecule has 2 N–H and O–H groups in total. The molecular formula is C17H20ClN3O3. The van der Waals surface area contributed by atoms with Gasteiger partial charge in [-0.25, -0.2) is 4.98 Å². The molecule has 1 aliphatic rings. The number of aliphatic hydroxyl groups excluding tert-OH is 1. The predicted molar refractivity (Wildman–Crippen MR) is 91.2 cm³/mol. The van der Waals surface area contributed by atoms with Gasteiger partial charge in [-0.3, -0.25) is 4.79 Å². The Morgan fingerprint density at radius 3 is 2.88 bits per heavy atom. The Bertz CT molecular complexity index is 684. The van der Waals surface area contributed by atoms with Crippen LogP contribution in [-0.2, 0) is 0 Å². The first kappa shape index (κ1) is 16.8. The number of rotatable bonds is 5. The van der Waals surface area contributed by atoms with Gasteiger partial charge in [0.15, 0.2) is 0 Å². The first-order chi connectivity index (χ1) is 11.6. The molecule has 1 fully saturated rings. The number of anilines is 1. The molecule has 0 aromatic carbocycles.